The molecule has 1 aliphatic heterocycles. The number of carbonyl (C=O) groups is 2. The maximum absolute atomic E-state index is 13.9. The highest BCUT2D eigenvalue weighted by atomic mass is 35.5. The number of thiazole rings is 1. The number of amides is 1. The molecule has 0 spiro atoms. The van der Waals surface area contributed by atoms with Crippen LogP contribution in [0.2, 0.25) is 5.02 Å². The van der Waals surface area contributed by atoms with Gasteiger partial charge in [-0.05, 0) is 50.8 Å². The summed E-state index contributed by atoms with van der Waals surface area (Å²) in [5.41, 5.74) is 3.23. The molecule has 2 aromatic carbocycles. The molecule has 0 saturated carbocycles. The molecule has 1 amide bonds. The van der Waals surface area contributed by atoms with E-state index in [2.05, 4.69) is 4.98 Å². The Hall–Kier alpha value is -3.20. The van der Waals surface area contributed by atoms with Crippen LogP contribution in [0.1, 0.15) is 27.0 Å². The van der Waals surface area contributed by atoms with E-state index in [0.717, 1.165) is 16.7 Å². The number of aliphatic hydroxyl groups is 1. The van der Waals surface area contributed by atoms with Crippen LogP contribution >= 0.6 is 22.9 Å². The van der Waals surface area contributed by atoms with E-state index in [1.807, 2.05) is 60.7 Å². The van der Waals surface area contributed by atoms with Gasteiger partial charge in [-0.15, -0.1) is 0 Å². The van der Waals surface area contributed by atoms with Gasteiger partial charge in [-0.1, -0.05) is 47.2 Å². The molecule has 0 bridgehead atoms. The molecular formula is C25H23ClN4O3S. The first-order valence-corrected chi connectivity index (χ1v) is 12.0. The van der Waals surface area contributed by atoms with Crippen molar-refractivity contribution in [3.8, 4) is 0 Å². The average molecular weight is 495 g/mol. The Kier molecular flexibility index (Phi) is 5.67. The van der Waals surface area contributed by atoms with Gasteiger partial charge in [-0.25, -0.2) is 4.98 Å². The number of aliphatic hydroxyl groups excluding tert-OH is 1. The number of hydrogen-bond donors (Lipinski definition) is 1. The fourth-order valence-corrected chi connectivity index (χ4v) is 5.74. The molecule has 1 atom stereocenters. The third-order valence-electron chi connectivity index (χ3n) is 6.09. The Balaban J connectivity index is 1.63. The number of Topliss-reactive ketones (excluding diaryl/α,β-unsaturated/α-hetero) is 1. The van der Waals surface area contributed by atoms with Crippen LogP contribution in [0.25, 0.3) is 16.0 Å². The normalized spacial score (nSPS) is 16.6. The van der Waals surface area contributed by atoms with Gasteiger partial charge >= 0.3 is 0 Å². The summed E-state index contributed by atoms with van der Waals surface area (Å²) in [4.78, 5) is 36.3. The number of fused-ring (bicyclic) bond motifs is 3. The Morgan fingerprint density at radius 1 is 1.21 bits per heavy atom. The van der Waals surface area contributed by atoms with Crippen LogP contribution < -0.4 is 0 Å². The number of carbonyl (C=O) groups excluding carboxylic acids is 2. The largest absolute Gasteiger partial charge is 0.503 e. The van der Waals surface area contributed by atoms with Crippen molar-refractivity contribution in [3.05, 3.63) is 81.0 Å². The van der Waals surface area contributed by atoms with Crippen molar-refractivity contribution in [1.82, 2.24) is 19.2 Å². The maximum atomic E-state index is 13.9. The van der Waals surface area contributed by atoms with Crippen molar-refractivity contribution in [2.45, 2.75) is 13.0 Å². The summed E-state index contributed by atoms with van der Waals surface area (Å²) in [6, 6.07) is 14.1. The number of aryl methyl sites for hydroxylation is 1. The molecule has 174 valence electrons. The van der Waals surface area contributed by atoms with Crippen LogP contribution in [0.3, 0.4) is 0 Å². The average Bonchev–Trinajstić information content (AvgIpc) is 3.41. The van der Waals surface area contributed by atoms with Crippen molar-refractivity contribution in [2.24, 2.45) is 0 Å². The number of hydrogen-bond acceptors (Lipinski definition) is 6. The molecule has 1 aliphatic rings. The number of aromatic nitrogens is 2. The molecule has 34 heavy (non-hydrogen) atoms. The Morgan fingerprint density at radius 3 is 2.71 bits per heavy atom. The summed E-state index contributed by atoms with van der Waals surface area (Å²) >= 11 is 7.51. The first kappa shape index (κ1) is 22.6. The second-order valence-corrected chi connectivity index (χ2v) is 10.00. The highest BCUT2D eigenvalue weighted by Gasteiger charge is 2.44. The van der Waals surface area contributed by atoms with Crippen LogP contribution in [0.4, 0.5) is 0 Å². The molecular weight excluding hydrogens is 472 g/mol. The Morgan fingerprint density at radius 2 is 1.97 bits per heavy atom. The molecule has 4 aromatic rings. The molecule has 5 rings (SSSR count). The van der Waals surface area contributed by atoms with Gasteiger partial charge in [0.05, 0.1) is 27.5 Å². The molecule has 0 fully saturated rings. The lowest BCUT2D eigenvalue weighted by atomic mass is 9.95. The summed E-state index contributed by atoms with van der Waals surface area (Å²) < 4.78 is 1.94. The lowest BCUT2D eigenvalue weighted by molar-refractivity contribution is -0.129. The zero-order valence-electron chi connectivity index (χ0n) is 18.9. The molecule has 0 radical (unpaired) electrons. The Bertz CT molecular complexity index is 1490. The van der Waals surface area contributed by atoms with E-state index in [-0.39, 0.29) is 11.4 Å². The minimum Gasteiger partial charge on any atom is -0.503 e. The first-order valence-electron chi connectivity index (χ1n) is 10.8. The summed E-state index contributed by atoms with van der Waals surface area (Å²) in [7, 11) is 3.81. The molecule has 1 N–H and O–H groups in total. The zero-order valence-corrected chi connectivity index (χ0v) is 20.5. The van der Waals surface area contributed by atoms with Gasteiger partial charge < -0.3 is 14.9 Å². The van der Waals surface area contributed by atoms with Gasteiger partial charge in [-0.3, -0.25) is 14.0 Å². The van der Waals surface area contributed by atoms with Crippen molar-refractivity contribution >= 4 is 50.6 Å². The van der Waals surface area contributed by atoms with Crippen LogP contribution in [0.5, 0.6) is 0 Å². The smallest absolute Gasteiger partial charge is 0.290 e. The number of benzene rings is 2. The second kappa shape index (κ2) is 8.54. The number of rotatable bonds is 6. The topological polar surface area (TPSA) is 78.2 Å². The molecule has 1 unspecified atom stereocenters. The van der Waals surface area contributed by atoms with Gasteiger partial charge in [0.15, 0.2) is 10.7 Å². The standard InChI is InChI=1S/C25H23ClN4O3S/c1-14-23(34-25-27-17-9-4-5-10-18(17)30(14)25)21(31)19-20(15-7-6-8-16(26)13-15)29(12-11-28(2)3)24(33)22(19)32/h4-10,13,20,32H,11-12H2,1-3H3. The van der Waals surface area contributed by atoms with Gasteiger partial charge in [0.25, 0.3) is 5.91 Å². The molecule has 0 saturated heterocycles. The van der Waals surface area contributed by atoms with E-state index in [0.29, 0.717) is 33.5 Å². The SMILES string of the molecule is Cc1c(C(=O)C2=C(O)C(=O)N(CCN(C)C)C2c2cccc(Cl)c2)sc2nc3ccccc3n12. The van der Waals surface area contributed by atoms with E-state index in [1.165, 1.54) is 16.2 Å². The first-order chi connectivity index (χ1) is 16.3. The Labute approximate surface area is 205 Å². The second-order valence-electron chi connectivity index (χ2n) is 8.59. The monoisotopic (exact) mass is 494 g/mol. The summed E-state index contributed by atoms with van der Waals surface area (Å²) in [6.07, 6.45) is 0. The number of para-hydroxylation sites is 2. The third-order valence-corrected chi connectivity index (χ3v) is 7.47. The van der Waals surface area contributed by atoms with E-state index in [1.54, 1.807) is 18.2 Å². The molecule has 2 aromatic heterocycles. The molecule has 3 heterocycles. The summed E-state index contributed by atoms with van der Waals surface area (Å²) in [5, 5.41) is 11.4. The minimum atomic E-state index is -0.732. The van der Waals surface area contributed by atoms with Gasteiger partial charge in [0, 0.05) is 23.8 Å². The zero-order chi connectivity index (χ0) is 24.1. The summed E-state index contributed by atoms with van der Waals surface area (Å²) in [5.74, 6) is -1.44. The fourth-order valence-electron chi connectivity index (χ4n) is 4.44. The molecule has 7 nitrogen and oxygen atoms in total. The summed E-state index contributed by atoms with van der Waals surface area (Å²) in [6.45, 7) is 2.79. The third kappa shape index (κ3) is 3.58. The predicted octanol–water partition coefficient (Wildman–Crippen LogP) is 4.65. The van der Waals surface area contributed by atoms with E-state index in [4.69, 9.17) is 11.6 Å². The van der Waals surface area contributed by atoms with Gasteiger partial charge in [-0.2, -0.15) is 0 Å². The maximum Gasteiger partial charge on any atom is 0.290 e. The quantitative estimate of drug-likeness (QED) is 0.395. The van der Waals surface area contributed by atoms with Gasteiger partial charge in [0.2, 0.25) is 5.78 Å². The highest BCUT2D eigenvalue weighted by Crippen LogP contribution is 2.41. The molecule has 9 heteroatoms. The number of halogens is 1. The van der Waals surface area contributed by atoms with Gasteiger partial charge in [0.1, 0.15) is 0 Å². The predicted molar refractivity (Wildman–Crippen MR) is 134 cm³/mol. The van der Waals surface area contributed by atoms with Crippen molar-refractivity contribution < 1.29 is 14.7 Å². The lowest BCUT2D eigenvalue weighted by Crippen LogP contribution is -2.36. The number of nitrogens with zero attached hydrogens (tertiary/aromatic N) is 4. The van der Waals surface area contributed by atoms with Crippen molar-refractivity contribution in [3.63, 3.8) is 0 Å². The van der Waals surface area contributed by atoms with E-state index >= 15 is 0 Å². The van der Waals surface area contributed by atoms with Crippen LogP contribution in [0, 0.1) is 6.92 Å². The van der Waals surface area contributed by atoms with Crippen LogP contribution in [0.15, 0.2) is 59.9 Å². The van der Waals surface area contributed by atoms with E-state index < -0.39 is 17.7 Å². The lowest BCUT2D eigenvalue weighted by Gasteiger charge is -2.28. The minimum absolute atomic E-state index is 0.0722. The van der Waals surface area contributed by atoms with Crippen molar-refractivity contribution in [1.29, 1.82) is 0 Å². The number of ketones is 1. The number of likely N-dealkylation sites (N-methyl/N-ethyl adjacent to an activating group) is 1. The fraction of sp³-hybridized carbons (Fsp3) is 0.240. The van der Waals surface area contributed by atoms with Crippen LogP contribution in [-0.2, 0) is 4.79 Å². The van der Waals surface area contributed by atoms with Crippen molar-refractivity contribution in [2.75, 3.05) is 27.2 Å². The number of imidazole rings is 1. The van der Waals surface area contributed by atoms with E-state index in [9.17, 15) is 14.7 Å². The molecule has 0 aliphatic carbocycles. The van der Waals surface area contributed by atoms with Crippen LogP contribution in [-0.4, -0.2) is 63.2 Å². The highest BCUT2D eigenvalue weighted by molar-refractivity contribution is 7.19.